The first-order valence-electron chi connectivity index (χ1n) is 10.2. The second-order valence-corrected chi connectivity index (χ2v) is 8.00. The van der Waals surface area contributed by atoms with E-state index in [1.54, 1.807) is 7.11 Å². The number of nitrogens with one attached hydrogen (secondary N) is 1. The Labute approximate surface area is 182 Å². The van der Waals surface area contributed by atoms with Crippen LogP contribution >= 0.6 is 11.8 Å². The fourth-order valence-corrected chi connectivity index (χ4v) is 3.92. The monoisotopic (exact) mass is 424 g/mol. The normalized spacial score (nSPS) is 10.8. The molecular formula is C23H28N4O2S. The van der Waals surface area contributed by atoms with E-state index in [1.807, 2.05) is 47.9 Å². The molecule has 2 aromatic carbocycles. The van der Waals surface area contributed by atoms with Gasteiger partial charge in [0, 0.05) is 11.4 Å². The molecular weight excluding hydrogens is 396 g/mol. The van der Waals surface area contributed by atoms with Gasteiger partial charge in [0.25, 0.3) is 0 Å². The predicted octanol–water partition coefficient (Wildman–Crippen LogP) is 5.05. The maximum absolute atomic E-state index is 12.4. The van der Waals surface area contributed by atoms with Crippen LogP contribution < -0.4 is 10.1 Å². The Kier molecular flexibility index (Phi) is 7.90. The number of nitrogens with zero attached hydrogens (tertiary/aromatic N) is 3. The number of anilines is 1. The number of thioether (sulfide) groups is 1. The number of carbonyl (C=O) groups excluding carboxylic acids is 1. The Bertz CT molecular complexity index is 952. The molecule has 0 saturated heterocycles. The fourth-order valence-electron chi connectivity index (χ4n) is 3.13. The van der Waals surface area contributed by atoms with Crippen molar-refractivity contribution in [2.75, 3.05) is 18.2 Å². The highest BCUT2D eigenvalue weighted by atomic mass is 32.2. The molecule has 0 fully saturated rings. The zero-order valence-corrected chi connectivity index (χ0v) is 18.5. The maximum atomic E-state index is 12.4. The molecule has 158 valence electrons. The molecule has 1 N–H and O–H groups in total. The number of methoxy groups -OCH3 is 1. The van der Waals surface area contributed by atoms with Gasteiger partial charge >= 0.3 is 0 Å². The van der Waals surface area contributed by atoms with Gasteiger partial charge in [-0.1, -0.05) is 43.7 Å². The van der Waals surface area contributed by atoms with Gasteiger partial charge in [-0.25, -0.2) is 0 Å². The molecule has 6 nitrogen and oxygen atoms in total. The summed E-state index contributed by atoms with van der Waals surface area (Å²) in [5.41, 5.74) is 3.05. The number of benzene rings is 2. The third-order valence-corrected chi connectivity index (χ3v) is 5.69. The first-order chi connectivity index (χ1) is 14.6. The zero-order chi connectivity index (χ0) is 21.3. The van der Waals surface area contributed by atoms with Gasteiger partial charge in [0.15, 0.2) is 5.16 Å². The molecule has 1 heterocycles. The van der Waals surface area contributed by atoms with E-state index in [-0.39, 0.29) is 11.7 Å². The molecule has 0 unspecified atom stereocenters. The molecule has 1 aromatic heterocycles. The molecule has 0 spiro atoms. The van der Waals surface area contributed by atoms with Crippen LogP contribution in [0.3, 0.4) is 0 Å². The molecule has 0 radical (unpaired) electrons. The van der Waals surface area contributed by atoms with E-state index in [9.17, 15) is 4.79 Å². The number of ether oxygens (including phenoxy) is 1. The molecule has 0 aliphatic carbocycles. The van der Waals surface area contributed by atoms with E-state index < -0.39 is 0 Å². The van der Waals surface area contributed by atoms with Crippen molar-refractivity contribution in [1.29, 1.82) is 0 Å². The largest absolute Gasteiger partial charge is 0.497 e. The van der Waals surface area contributed by atoms with Crippen LogP contribution in [0.15, 0.2) is 53.7 Å². The molecule has 1 amide bonds. The molecule has 30 heavy (non-hydrogen) atoms. The van der Waals surface area contributed by atoms with Gasteiger partial charge in [-0.05, 0) is 61.7 Å². The first kappa shape index (κ1) is 21.9. The lowest BCUT2D eigenvalue weighted by molar-refractivity contribution is -0.113. The molecule has 0 aliphatic rings. The summed E-state index contributed by atoms with van der Waals surface area (Å²) in [7, 11) is 1.64. The van der Waals surface area contributed by atoms with Crippen LogP contribution in [-0.2, 0) is 11.2 Å². The van der Waals surface area contributed by atoms with E-state index in [4.69, 9.17) is 4.74 Å². The fraction of sp³-hybridized carbons (Fsp3) is 0.348. The highest BCUT2D eigenvalue weighted by Gasteiger charge is 2.13. The van der Waals surface area contributed by atoms with E-state index in [1.165, 1.54) is 36.6 Å². The number of hydrogen-bond acceptors (Lipinski definition) is 5. The van der Waals surface area contributed by atoms with Crippen molar-refractivity contribution in [2.24, 2.45) is 0 Å². The molecule has 0 aliphatic heterocycles. The highest BCUT2D eigenvalue weighted by molar-refractivity contribution is 7.99. The van der Waals surface area contributed by atoms with Gasteiger partial charge in [0.2, 0.25) is 5.91 Å². The Hall–Kier alpha value is -2.80. The Balaban J connectivity index is 1.57. The van der Waals surface area contributed by atoms with E-state index >= 15 is 0 Å². The molecule has 0 saturated carbocycles. The summed E-state index contributed by atoms with van der Waals surface area (Å²) >= 11 is 1.36. The van der Waals surface area contributed by atoms with Crippen LogP contribution in [-0.4, -0.2) is 33.5 Å². The predicted molar refractivity (Wildman–Crippen MR) is 122 cm³/mol. The topological polar surface area (TPSA) is 69.0 Å². The van der Waals surface area contributed by atoms with Gasteiger partial charge < -0.3 is 10.1 Å². The van der Waals surface area contributed by atoms with Crippen molar-refractivity contribution in [1.82, 2.24) is 14.8 Å². The average Bonchev–Trinajstić information content (AvgIpc) is 3.14. The minimum absolute atomic E-state index is 0.0688. The summed E-state index contributed by atoms with van der Waals surface area (Å²) in [6, 6.07) is 15.8. The quantitative estimate of drug-likeness (QED) is 0.364. The lowest BCUT2D eigenvalue weighted by Crippen LogP contribution is -2.14. The SMILES string of the molecule is CCCCCc1ccc(NC(=O)CSc2nnc(C)n2-c2ccc(OC)cc2)cc1. The molecule has 0 bridgehead atoms. The van der Waals surface area contributed by atoms with Crippen molar-refractivity contribution in [3.8, 4) is 11.4 Å². The van der Waals surface area contributed by atoms with E-state index in [0.29, 0.717) is 5.16 Å². The van der Waals surface area contributed by atoms with Crippen molar-refractivity contribution in [3.63, 3.8) is 0 Å². The molecule has 3 rings (SSSR count). The second-order valence-electron chi connectivity index (χ2n) is 7.05. The smallest absolute Gasteiger partial charge is 0.234 e. The molecule has 3 aromatic rings. The van der Waals surface area contributed by atoms with Gasteiger partial charge in [-0.2, -0.15) is 0 Å². The summed E-state index contributed by atoms with van der Waals surface area (Å²) in [5, 5.41) is 12.0. The minimum Gasteiger partial charge on any atom is -0.497 e. The van der Waals surface area contributed by atoms with Crippen molar-refractivity contribution < 1.29 is 9.53 Å². The van der Waals surface area contributed by atoms with Crippen LogP contribution in [0.2, 0.25) is 0 Å². The van der Waals surface area contributed by atoms with E-state index in [0.717, 1.165) is 29.4 Å². The third-order valence-electron chi connectivity index (χ3n) is 4.76. The number of unbranched alkanes of at least 4 members (excludes halogenated alkanes) is 2. The summed E-state index contributed by atoms with van der Waals surface area (Å²) < 4.78 is 7.15. The Morgan fingerprint density at radius 2 is 1.80 bits per heavy atom. The second kappa shape index (κ2) is 10.8. The third kappa shape index (κ3) is 5.86. The van der Waals surface area contributed by atoms with Crippen LogP contribution in [0, 0.1) is 6.92 Å². The van der Waals surface area contributed by atoms with E-state index in [2.05, 4.69) is 34.6 Å². The average molecular weight is 425 g/mol. The standard InChI is InChI=1S/C23H28N4O2S/c1-4-5-6-7-18-8-10-19(11-9-18)24-22(28)16-30-23-26-25-17(2)27(23)20-12-14-21(29-3)15-13-20/h8-15H,4-7,16H2,1-3H3,(H,24,28). The summed E-state index contributed by atoms with van der Waals surface area (Å²) in [5.74, 6) is 1.74. The van der Waals surface area contributed by atoms with Crippen molar-refractivity contribution >= 4 is 23.4 Å². The van der Waals surface area contributed by atoms with Crippen molar-refractivity contribution in [3.05, 3.63) is 59.9 Å². The number of hydrogen-bond donors (Lipinski definition) is 1. The number of aryl methyl sites for hydroxylation is 2. The molecule has 7 heteroatoms. The summed E-state index contributed by atoms with van der Waals surface area (Å²) in [4.78, 5) is 12.4. The summed E-state index contributed by atoms with van der Waals surface area (Å²) in [6.45, 7) is 4.10. The lowest BCUT2D eigenvalue weighted by atomic mass is 10.1. The van der Waals surface area contributed by atoms with Crippen molar-refractivity contribution in [2.45, 2.75) is 44.7 Å². The first-order valence-corrected chi connectivity index (χ1v) is 11.2. The summed E-state index contributed by atoms with van der Waals surface area (Å²) in [6.07, 6.45) is 4.75. The van der Waals surface area contributed by atoms with Crippen LogP contribution in [0.5, 0.6) is 5.75 Å². The number of carbonyl (C=O) groups is 1. The Morgan fingerprint density at radius 1 is 1.07 bits per heavy atom. The Morgan fingerprint density at radius 3 is 2.47 bits per heavy atom. The zero-order valence-electron chi connectivity index (χ0n) is 17.7. The number of amides is 1. The number of rotatable bonds is 10. The molecule has 0 atom stereocenters. The van der Waals surface area contributed by atoms with Gasteiger partial charge in [-0.3, -0.25) is 9.36 Å². The van der Waals surface area contributed by atoms with Crippen LogP contribution in [0.25, 0.3) is 5.69 Å². The van der Waals surface area contributed by atoms with Crippen LogP contribution in [0.1, 0.15) is 37.6 Å². The van der Waals surface area contributed by atoms with Gasteiger partial charge in [0.1, 0.15) is 11.6 Å². The highest BCUT2D eigenvalue weighted by Crippen LogP contribution is 2.23. The van der Waals surface area contributed by atoms with Crippen LogP contribution in [0.4, 0.5) is 5.69 Å². The number of aromatic nitrogens is 3. The van der Waals surface area contributed by atoms with Gasteiger partial charge in [-0.15, -0.1) is 10.2 Å². The van der Waals surface area contributed by atoms with Gasteiger partial charge in [0.05, 0.1) is 12.9 Å². The maximum Gasteiger partial charge on any atom is 0.234 e. The minimum atomic E-state index is -0.0688. The lowest BCUT2D eigenvalue weighted by Gasteiger charge is -2.10.